The highest BCUT2D eigenvalue weighted by Crippen LogP contribution is 2.26. The van der Waals surface area contributed by atoms with Crippen LogP contribution in [-0.2, 0) is 13.5 Å². The van der Waals surface area contributed by atoms with E-state index in [2.05, 4.69) is 74.1 Å². The Morgan fingerprint density at radius 2 is 1.86 bits per heavy atom. The second kappa shape index (κ2) is 9.29. The summed E-state index contributed by atoms with van der Waals surface area (Å²) in [6.07, 6.45) is 2.28. The zero-order valence-corrected chi connectivity index (χ0v) is 19.6. The quantitative estimate of drug-likeness (QED) is 0.579. The predicted molar refractivity (Wildman–Crippen MR) is 119 cm³/mol. The van der Waals surface area contributed by atoms with Crippen LogP contribution in [0.5, 0.6) is 0 Å². The van der Waals surface area contributed by atoms with E-state index in [9.17, 15) is 0 Å². The molecule has 3 atom stereocenters. The van der Waals surface area contributed by atoms with Gasteiger partial charge in [0.2, 0.25) is 0 Å². The second-order valence-corrected chi connectivity index (χ2v) is 9.61. The van der Waals surface area contributed by atoms with E-state index in [-0.39, 0.29) is 11.6 Å². The van der Waals surface area contributed by atoms with Crippen LogP contribution in [-0.4, -0.2) is 58.9 Å². The third kappa shape index (κ3) is 5.72. The minimum atomic E-state index is 0.0975. The van der Waals surface area contributed by atoms with Gasteiger partial charge < -0.3 is 10.6 Å². The summed E-state index contributed by atoms with van der Waals surface area (Å²) in [5.74, 6) is 2.41. The Morgan fingerprint density at radius 3 is 2.36 bits per heavy atom. The molecule has 1 fully saturated rings. The van der Waals surface area contributed by atoms with Crippen molar-refractivity contribution in [1.82, 2.24) is 25.3 Å². The maximum absolute atomic E-state index is 4.53. The molecule has 6 nitrogen and oxygen atoms in total. The average Bonchev–Trinajstić information content (AvgIpc) is 2.84. The van der Waals surface area contributed by atoms with E-state index >= 15 is 0 Å². The van der Waals surface area contributed by atoms with Crippen LogP contribution < -0.4 is 10.6 Å². The molecule has 2 N–H and O–H groups in total. The molecule has 0 radical (unpaired) electrons. The summed E-state index contributed by atoms with van der Waals surface area (Å²) in [7, 11) is 3.86. The Morgan fingerprint density at radius 1 is 1.25 bits per heavy atom. The van der Waals surface area contributed by atoms with E-state index in [0.29, 0.717) is 0 Å². The highest BCUT2D eigenvalue weighted by molar-refractivity contribution is 5.80. The minimum absolute atomic E-state index is 0.0975. The molecule has 1 aliphatic heterocycles. The molecule has 0 bridgehead atoms. The molecule has 6 heteroatoms. The first kappa shape index (κ1) is 22.7. The van der Waals surface area contributed by atoms with Crippen LogP contribution in [0.4, 0.5) is 0 Å². The SMILES string of the molecule is CN=C(NCC(C)(C)N1CC(C)CC(C)C1)NC(C)Cc1c(C)nn(C)c1C. The van der Waals surface area contributed by atoms with Gasteiger partial charge in [-0.3, -0.25) is 14.6 Å². The highest BCUT2D eigenvalue weighted by atomic mass is 15.3. The van der Waals surface area contributed by atoms with Gasteiger partial charge in [-0.15, -0.1) is 0 Å². The number of aliphatic imine (C=N–C) groups is 1. The van der Waals surface area contributed by atoms with Crippen molar-refractivity contribution in [2.75, 3.05) is 26.7 Å². The molecule has 0 spiro atoms. The van der Waals surface area contributed by atoms with Crippen LogP contribution in [0.2, 0.25) is 0 Å². The van der Waals surface area contributed by atoms with Gasteiger partial charge >= 0.3 is 0 Å². The Kier molecular flexibility index (Phi) is 7.54. The molecular weight excluding hydrogens is 348 g/mol. The topological polar surface area (TPSA) is 57.5 Å². The van der Waals surface area contributed by atoms with Gasteiger partial charge in [-0.25, -0.2) is 0 Å². The Hall–Kier alpha value is -1.56. The summed E-state index contributed by atoms with van der Waals surface area (Å²) in [4.78, 5) is 7.09. The normalized spacial score (nSPS) is 23.0. The molecule has 0 aromatic carbocycles. The first-order chi connectivity index (χ1) is 13.0. The van der Waals surface area contributed by atoms with E-state index in [0.717, 1.165) is 36.5 Å². The maximum atomic E-state index is 4.53. The lowest BCUT2D eigenvalue weighted by molar-refractivity contribution is 0.0483. The summed E-state index contributed by atoms with van der Waals surface area (Å²) in [5, 5.41) is 11.7. The van der Waals surface area contributed by atoms with Gasteiger partial charge in [0.15, 0.2) is 5.96 Å². The molecule has 1 aliphatic rings. The monoisotopic (exact) mass is 390 g/mol. The fourth-order valence-corrected chi connectivity index (χ4v) is 4.47. The molecule has 3 unspecified atom stereocenters. The summed E-state index contributed by atoms with van der Waals surface area (Å²) in [6.45, 7) is 19.1. The van der Waals surface area contributed by atoms with Crippen molar-refractivity contribution in [1.29, 1.82) is 0 Å². The standard InChI is InChI=1S/C22H42N6/c1-15-10-16(2)13-28(12-15)22(6,7)14-24-21(23-8)25-17(3)11-20-18(4)26-27(9)19(20)5/h15-17H,10-14H2,1-9H3,(H2,23,24,25). The van der Waals surface area contributed by atoms with Crippen molar-refractivity contribution in [3.05, 3.63) is 17.0 Å². The number of aromatic nitrogens is 2. The Labute approximate surface area is 172 Å². The van der Waals surface area contributed by atoms with Gasteiger partial charge in [0, 0.05) is 51.0 Å². The van der Waals surface area contributed by atoms with E-state index in [4.69, 9.17) is 0 Å². The van der Waals surface area contributed by atoms with E-state index in [1.54, 1.807) is 0 Å². The molecular formula is C22H42N6. The van der Waals surface area contributed by atoms with Crippen LogP contribution in [0.1, 0.15) is 58.0 Å². The van der Waals surface area contributed by atoms with E-state index in [1.807, 2.05) is 18.8 Å². The van der Waals surface area contributed by atoms with Crippen LogP contribution in [0.3, 0.4) is 0 Å². The van der Waals surface area contributed by atoms with E-state index in [1.165, 1.54) is 30.8 Å². The smallest absolute Gasteiger partial charge is 0.191 e. The van der Waals surface area contributed by atoms with Gasteiger partial charge in [0.1, 0.15) is 0 Å². The first-order valence-corrected chi connectivity index (χ1v) is 10.7. The van der Waals surface area contributed by atoms with Crippen molar-refractivity contribution in [3.63, 3.8) is 0 Å². The summed E-state index contributed by atoms with van der Waals surface area (Å²) in [5.41, 5.74) is 3.78. The van der Waals surface area contributed by atoms with Crippen molar-refractivity contribution < 1.29 is 0 Å². The predicted octanol–water partition coefficient (Wildman–Crippen LogP) is 2.89. The fraction of sp³-hybridized carbons (Fsp3) is 0.818. The minimum Gasteiger partial charge on any atom is -0.355 e. The molecule has 2 rings (SSSR count). The van der Waals surface area contributed by atoms with Crippen LogP contribution in [0.15, 0.2) is 4.99 Å². The number of aryl methyl sites for hydroxylation is 2. The summed E-state index contributed by atoms with van der Waals surface area (Å²) >= 11 is 0. The lowest BCUT2D eigenvalue weighted by Crippen LogP contribution is -2.57. The van der Waals surface area contributed by atoms with Crippen molar-refractivity contribution in [2.24, 2.45) is 23.9 Å². The third-order valence-electron chi connectivity index (χ3n) is 6.19. The van der Waals surface area contributed by atoms with E-state index < -0.39 is 0 Å². The zero-order valence-electron chi connectivity index (χ0n) is 19.6. The molecule has 0 aliphatic carbocycles. The number of likely N-dealkylation sites (tertiary alicyclic amines) is 1. The second-order valence-electron chi connectivity index (χ2n) is 9.61. The van der Waals surface area contributed by atoms with Crippen LogP contribution in [0.25, 0.3) is 0 Å². The maximum Gasteiger partial charge on any atom is 0.191 e. The number of rotatable bonds is 6. The molecule has 1 aromatic rings. The fourth-order valence-electron chi connectivity index (χ4n) is 4.47. The van der Waals surface area contributed by atoms with Crippen LogP contribution >= 0.6 is 0 Å². The molecule has 28 heavy (non-hydrogen) atoms. The first-order valence-electron chi connectivity index (χ1n) is 10.7. The molecule has 2 heterocycles. The van der Waals surface area contributed by atoms with Gasteiger partial charge in [-0.2, -0.15) is 5.10 Å². The number of guanidine groups is 1. The van der Waals surface area contributed by atoms with Crippen molar-refractivity contribution in [2.45, 2.75) is 72.9 Å². The lowest BCUT2D eigenvalue weighted by atomic mass is 9.88. The molecule has 1 saturated heterocycles. The summed E-state index contributed by atoms with van der Waals surface area (Å²) in [6, 6.07) is 0.283. The molecule has 0 saturated carbocycles. The molecule has 0 amide bonds. The van der Waals surface area contributed by atoms with Gasteiger partial charge in [-0.1, -0.05) is 13.8 Å². The number of hydrogen-bond acceptors (Lipinski definition) is 3. The van der Waals surface area contributed by atoms with Crippen LogP contribution in [0, 0.1) is 25.7 Å². The van der Waals surface area contributed by atoms with Gasteiger partial charge in [0.05, 0.1) is 5.69 Å². The molecule has 160 valence electrons. The third-order valence-corrected chi connectivity index (χ3v) is 6.19. The average molecular weight is 391 g/mol. The Bertz CT molecular complexity index is 665. The number of hydrogen-bond donors (Lipinski definition) is 2. The summed E-state index contributed by atoms with van der Waals surface area (Å²) < 4.78 is 1.97. The van der Waals surface area contributed by atoms with Gasteiger partial charge in [0.25, 0.3) is 0 Å². The number of piperidine rings is 1. The highest BCUT2D eigenvalue weighted by Gasteiger charge is 2.32. The number of nitrogens with one attached hydrogen (secondary N) is 2. The van der Waals surface area contributed by atoms with Gasteiger partial charge in [-0.05, 0) is 64.9 Å². The number of nitrogens with zero attached hydrogens (tertiary/aromatic N) is 4. The largest absolute Gasteiger partial charge is 0.355 e. The van der Waals surface area contributed by atoms with Crippen molar-refractivity contribution >= 4 is 5.96 Å². The molecule has 1 aromatic heterocycles. The Balaban J connectivity index is 1.91. The zero-order chi connectivity index (χ0) is 21.1. The lowest BCUT2D eigenvalue weighted by Gasteiger charge is -2.45. The van der Waals surface area contributed by atoms with Crippen molar-refractivity contribution in [3.8, 4) is 0 Å².